The molecule has 1 N–H and O–H groups in total. The Morgan fingerprint density at radius 2 is 1.92 bits per heavy atom. The predicted molar refractivity (Wildman–Crippen MR) is 95.1 cm³/mol. The van der Waals surface area contributed by atoms with E-state index in [0.717, 1.165) is 35.6 Å². The summed E-state index contributed by atoms with van der Waals surface area (Å²) in [5.41, 5.74) is 0.282. The van der Waals surface area contributed by atoms with Gasteiger partial charge in [-0.3, -0.25) is 0 Å². The zero-order valence-corrected chi connectivity index (χ0v) is 14.6. The van der Waals surface area contributed by atoms with Crippen molar-refractivity contribution in [1.82, 2.24) is 4.90 Å². The number of piperidine rings is 1. The molecule has 4 nitrogen and oxygen atoms in total. The molecule has 0 saturated carbocycles. The monoisotopic (exact) mass is 327 g/mol. The zero-order valence-electron chi connectivity index (χ0n) is 14.6. The van der Waals surface area contributed by atoms with Crippen molar-refractivity contribution >= 4 is 16.9 Å². The average Bonchev–Trinajstić information content (AvgIpc) is 2.54. The lowest BCUT2D eigenvalue weighted by Gasteiger charge is -2.37. The van der Waals surface area contributed by atoms with Crippen molar-refractivity contribution in [3.8, 4) is 5.75 Å². The summed E-state index contributed by atoms with van der Waals surface area (Å²) in [4.78, 5) is 14.4. The van der Waals surface area contributed by atoms with Gasteiger partial charge in [-0.1, -0.05) is 36.4 Å². The lowest BCUT2D eigenvalue weighted by Crippen LogP contribution is -2.41. The summed E-state index contributed by atoms with van der Waals surface area (Å²) in [6.07, 6.45) is 2.53. The first-order valence-corrected chi connectivity index (χ1v) is 8.57. The van der Waals surface area contributed by atoms with E-state index in [-0.39, 0.29) is 17.9 Å². The third-order valence-electron chi connectivity index (χ3n) is 4.42. The Labute approximate surface area is 143 Å². The van der Waals surface area contributed by atoms with Crippen LogP contribution in [0.1, 0.15) is 51.6 Å². The van der Waals surface area contributed by atoms with Gasteiger partial charge in [-0.05, 0) is 45.4 Å². The molecule has 1 aliphatic rings. The molecule has 0 spiro atoms. The molecule has 2 aromatic carbocycles. The summed E-state index contributed by atoms with van der Waals surface area (Å²) in [5.74, 6) is 0.272. The van der Waals surface area contributed by atoms with E-state index in [4.69, 9.17) is 4.74 Å². The van der Waals surface area contributed by atoms with Gasteiger partial charge < -0.3 is 14.7 Å². The molecule has 0 aromatic heterocycles. The Morgan fingerprint density at radius 1 is 1.17 bits per heavy atom. The van der Waals surface area contributed by atoms with Crippen LogP contribution in [0.25, 0.3) is 10.8 Å². The zero-order chi connectivity index (χ0) is 17.3. The molecular weight excluding hydrogens is 302 g/mol. The van der Waals surface area contributed by atoms with E-state index in [9.17, 15) is 9.90 Å². The maximum absolute atomic E-state index is 12.6. The number of nitrogens with zero attached hydrogens (tertiary/aromatic N) is 1. The van der Waals surface area contributed by atoms with Crippen LogP contribution in [0.3, 0.4) is 0 Å². The Bertz CT molecular complexity index is 748. The molecule has 0 unspecified atom stereocenters. The van der Waals surface area contributed by atoms with Crippen LogP contribution in [0.2, 0.25) is 0 Å². The van der Waals surface area contributed by atoms with E-state index in [1.54, 1.807) is 4.90 Å². The van der Waals surface area contributed by atoms with Crippen LogP contribution in [0.5, 0.6) is 5.75 Å². The summed E-state index contributed by atoms with van der Waals surface area (Å²) in [6.45, 7) is 6.28. The minimum Gasteiger partial charge on any atom is -0.507 e. The highest BCUT2D eigenvalue weighted by Crippen LogP contribution is 2.39. The number of fused-ring (bicyclic) bond motifs is 1. The summed E-state index contributed by atoms with van der Waals surface area (Å²) in [6, 6.07) is 11.6. The van der Waals surface area contributed by atoms with Crippen molar-refractivity contribution in [2.45, 2.75) is 51.7 Å². The molecule has 1 atom stereocenters. The molecule has 128 valence electrons. The van der Waals surface area contributed by atoms with Crippen LogP contribution in [0, 0.1) is 0 Å². The Morgan fingerprint density at radius 3 is 2.67 bits per heavy atom. The number of rotatable bonds is 1. The normalized spacial score (nSPS) is 18.6. The topological polar surface area (TPSA) is 49.8 Å². The second-order valence-electron chi connectivity index (χ2n) is 7.41. The number of ether oxygens (including phenoxy) is 1. The number of hydrogen-bond donors (Lipinski definition) is 1. The molecule has 1 fully saturated rings. The summed E-state index contributed by atoms with van der Waals surface area (Å²) in [5, 5.41) is 12.6. The van der Waals surface area contributed by atoms with E-state index in [2.05, 4.69) is 0 Å². The number of likely N-dealkylation sites (tertiary alicyclic amines) is 1. The van der Waals surface area contributed by atoms with Crippen molar-refractivity contribution in [2.75, 3.05) is 6.54 Å². The van der Waals surface area contributed by atoms with E-state index in [1.807, 2.05) is 57.2 Å². The van der Waals surface area contributed by atoms with Gasteiger partial charge in [0.1, 0.15) is 11.4 Å². The Kier molecular flexibility index (Phi) is 4.39. The molecule has 1 heterocycles. The number of aromatic hydroxyl groups is 1. The van der Waals surface area contributed by atoms with Crippen molar-refractivity contribution in [3.05, 3.63) is 42.0 Å². The third kappa shape index (κ3) is 3.32. The van der Waals surface area contributed by atoms with Gasteiger partial charge in [0.05, 0.1) is 6.04 Å². The van der Waals surface area contributed by atoms with Gasteiger partial charge in [-0.25, -0.2) is 4.79 Å². The van der Waals surface area contributed by atoms with Crippen LogP contribution in [-0.2, 0) is 4.74 Å². The quantitative estimate of drug-likeness (QED) is 0.801. The van der Waals surface area contributed by atoms with E-state index in [1.165, 1.54) is 0 Å². The van der Waals surface area contributed by atoms with Gasteiger partial charge in [0.25, 0.3) is 0 Å². The summed E-state index contributed by atoms with van der Waals surface area (Å²) >= 11 is 0. The largest absolute Gasteiger partial charge is 0.507 e. The van der Waals surface area contributed by atoms with E-state index in [0.29, 0.717) is 6.54 Å². The standard InChI is InChI=1S/C20H25NO3/c1-20(2,3)24-19(23)21-13-7-6-10-17(21)16-12-11-14-8-4-5-9-15(14)18(16)22/h4-5,8-9,11-12,17,22H,6-7,10,13H2,1-3H3/t17-/m1/s1. The minimum absolute atomic E-state index is 0.141. The van der Waals surface area contributed by atoms with E-state index >= 15 is 0 Å². The number of phenolic OH excluding ortho intramolecular Hbond substituents is 1. The van der Waals surface area contributed by atoms with Gasteiger partial charge in [-0.15, -0.1) is 0 Å². The predicted octanol–water partition coefficient (Wildman–Crippen LogP) is 5.01. The van der Waals surface area contributed by atoms with Gasteiger partial charge in [0.15, 0.2) is 0 Å². The number of phenols is 1. The number of amides is 1. The van der Waals surface area contributed by atoms with Gasteiger partial charge >= 0.3 is 6.09 Å². The van der Waals surface area contributed by atoms with Crippen molar-refractivity contribution in [3.63, 3.8) is 0 Å². The maximum atomic E-state index is 12.6. The van der Waals surface area contributed by atoms with Crippen LogP contribution in [-0.4, -0.2) is 28.2 Å². The maximum Gasteiger partial charge on any atom is 0.410 e. The van der Waals surface area contributed by atoms with Crippen LogP contribution < -0.4 is 0 Å². The molecule has 3 rings (SSSR count). The first-order chi connectivity index (χ1) is 11.4. The smallest absolute Gasteiger partial charge is 0.410 e. The fourth-order valence-electron chi connectivity index (χ4n) is 3.33. The summed E-state index contributed by atoms with van der Waals surface area (Å²) in [7, 11) is 0. The molecule has 0 bridgehead atoms. The van der Waals surface area contributed by atoms with Gasteiger partial charge in [0.2, 0.25) is 0 Å². The highest BCUT2D eigenvalue weighted by Gasteiger charge is 2.33. The number of carbonyl (C=O) groups is 1. The SMILES string of the molecule is CC(C)(C)OC(=O)N1CCCC[C@@H]1c1ccc2ccccc2c1O. The Hall–Kier alpha value is -2.23. The lowest BCUT2D eigenvalue weighted by molar-refractivity contribution is 0.00933. The highest BCUT2D eigenvalue weighted by atomic mass is 16.6. The van der Waals surface area contributed by atoms with Crippen LogP contribution in [0.15, 0.2) is 36.4 Å². The number of hydrogen-bond acceptors (Lipinski definition) is 3. The summed E-state index contributed by atoms with van der Waals surface area (Å²) < 4.78 is 5.56. The van der Waals surface area contributed by atoms with Gasteiger partial charge in [0, 0.05) is 17.5 Å². The second kappa shape index (κ2) is 6.34. The fourth-order valence-corrected chi connectivity index (χ4v) is 3.33. The van der Waals surface area contributed by atoms with Gasteiger partial charge in [-0.2, -0.15) is 0 Å². The molecule has 1 saturated heterocycles. The molecule has 1 amide bonds. The van der Waals surface area contributed by atoms with E-state index < -0.39 is 5.60 Å². The Balaban J connectivity index is 1.96. The number of benzene rings is 2. The third-order valence-corrected chi connectivity index (χ3v) is 4.42. The molecule has 1 aliphatic heterocycles. The van der Waals surface area contributed by atoms with Crippen LogP contribution in [0.4, 0.5) is 4.79 Å². The van der Waals surface area contributed by atoms with Crippen molar-refractivity contribution in [1.29, 1.82) is 0 Å². The molecular formula is C20H25NO3. The molecule has 24 heavy (non-hydrogen) atoms. The highest BCUT2D eigenvalue weighted by molar-refractivity contribution is 5.89. The fraction of sp³-hybridized carbons (Fsp3) is 0.450. The molecule has 0 radical (unpaired) electrons. The first-order valence-electron chi connectivity index (χ1n) is 8.57. The lowest BCUT2D eigenvalue weighted by atomic mass is 9.93. The number of carbonyl (C=O) groups excluding carboxylic acids is 1. The van der Waals surface area contributed by atoms with Crippen LogP contribution >= 0.6 is 0 Å². The molecule has 4 heteroatoms. The minimum atomic E-state index is -0.523. The average molecular weight is 327 g/mol. The second-order valence-corrected chi connectivity index (χ2v) is 7.41. The molecule has 2 aromatic rings. The van der Waals surface area contributed by atoms with Crippen molar-refractivity contribution in [2.24, 2.45) is 0 Å². The molecule has 0 aliphatic carbocycles. The first kappa shape index (κ1) is 16.6. The van der Waals surface area contributed by atoms with Crippen molar-refractivity contribution < 1.29 is 14.6 Å².